The van der Waals surface area contributed by atoms with Gasteiger partial charge in [-0.25, -0.2) is 0 Å². The van der Waals surface area contributed by atoms with E-state index in [1.54, 1.807) is 21.3 Å². The minimum absolute atomic E-state index is 0. The number of hydrogen-bond donors (Lipinski definition) is 2. The molecule has 0 heterocycles. The Bertz CT molecular complexity index is 690. The van der Waals surface area contributed by atoms with E-state index >= 15 is 0 Å². The minimum Gasteiger partial charge on any atom is -0.497 e. The Balaban J connectivity index is 0.00000312. The maximum Gasteiger partial charge on any atom is 0.193 e. The number of hydrogen-bond acceptors (Lipinski definition) is 4. The lowest BCUT2D eigenvalue weighted by Gasteiger charge is -2.09. The molecule has 0 bridgehead atoms. The molecule has 0 spiro atoms. The molecule has 0 aliphatic heterocycles. The fourth-order valence-electron chi connectivity index (χ4n) is 2.20. The van der Waals surface area contributed by atoms with Crippen LogP contribution in [0.5, 0.6) is 17.2 Å². The molecule has 0 saturated carbocycles. The monoisotopic (exact) mass is 457 g/mol. The zero-order valence-electron chi connectivity index (χ0n) is 14.6. The van der Waals surface area contributed by atoms with Crippen molar-refractivity contribution in [3.8, 4) is 17.2 Å². The van der Waals surface area contributed by atoms with Crippen molar-refractivity contribution in [1.29, 1.82) is 0 Å². The SMILES string of the molecule is COc1ccc(NC(N)=NCCc2ccc(OC)c(OC)c2)cc1.I. The van der Waals surface area contributed by atoms with Gasteiger partial charge in [0.1, 0.15) is 5.75 Å². The van der Waals surface area contributed by atoms with E-state index < -0.39 is 0 Å². The van der Waals surface area contributed by atoms with E-state index in [4.69, 9.17) is 19.9 Å². The molecular weight excluding hydrogens is 433 g/mol. The van der Waals surface area contributed by atoms with Crippen LogP contribution in [0.15, 0.2) is 47.5 Å². The molecule has 136 valence electrons. The van der Waals surface area contributed by atoms with Crippen LogP contribution >= 0.6 is 24.0 Å². The Hall–Kier alpha value is -2.16. The van der Waals surface area contributed by atoms with Crippen molar-refractivity contribution in [2.24, 2.45) is 10.7 Å². The lowest BCUT2D eigenvalue weighted by atomic mass is 10.1. The molecule has 0 radical (unpaired) electrons. The summed E-state index contributed by atoms with van der Waals surface area (Å²) in [7, 11) is 4.87. The van der Waals surface area contributed by atoms with E-state index in [1.807, 2.05) is 42.5 Å². The number of benzene rings is 2. The number of aliphatic imine (C=N–C) groups is 1. The van der Waals surface area contributed by atoms with Gasteiger partial charge in [0.25, 0.3) is 0 Å². The fraction of sp³-hybridized carbons (Fsp3) is 0.278. The summed E-state index contributed by atoms with van der Waals surface area (Å²) in [6.07, 6.45) is 0.755. The smallest absolute Gasteiger partial charge is 0.193 e. The Kier molecular flexibility index (Phi) is 8.90. The van der Waals surface area contributed by atoms with Crippen molar-refractivity contribution in [1.82, 2.24) is 0 Å². The normalized spacial score (nSPS) is 10.6. The van der Waals surface area contributed by atoms with Crippen LogP contribution in [-0.4, -0.2) is 33.8 Å². The number of ether oxygens (including phenoxy) is 3. The molecule has 0 aromatic heterocycles. The highest BCUT2D eigenvalue weighted by Gasteiger charge is 2.04. The number of anilines is 1. The lowest BCUT2D eigenvalue weighted by Crippen LogP contribution is -2.23. The first-order valence-electron chi connectivity index (χ1n) is 7.58. The van der Waals surface area contributed by atoms with E-state index in [-0.39, 0.29) is 24.0 Å². The van der Waals surface area contributed by atoms with Crippen LogP contribution in [0.25, 0.3) is 0 Å². The maximum absolute atomic E-state index is 5.91. The molecule has 0 unspecified atom stereocenters. The highest BCUT2D eigenvalue weighted by Crippen LogP contribution is 2.27. The van der Waals surface area contributed by atoms with E-state index in [0.717, 1.165) is 23.4 Å². The van der Waals surface area contributed by atoms with E-state index in [0.29, 0.717) is 24.0 Å². The molecule has 0 aliphatic carbocycles. The first-order valence-corrected chi connectivity index (χ1v) is 7.58. The molecule has 25 heavy (non-hydrogen) atoms. The molecule has 6 nitrogen and oxygen atoms in total. The topological polar surface area (TPSA) is 78.1 Å². The number of nitrogens with two attached hydrogens (primary N) is 1. The number of methoxy groups -OCH3 is 3. The summed E-state index contributed by atoms with van der Waals surface area (Å²) in [6, 6.07) is 13.3. The first kappa shape index (κ1) is 20.9. The summed E-state index contributed by atoms with van der Waals surface area (Å²) in [5.41, 5.74) is 7.87. The number of nitrogens with zero attached hydrogens (tertiary/aromatic N) is 1. The molecule has 7 heteroatoms. The van der Waals surface area contributed by atoms with Gasteiger partial charge >= 0.3 is 0 Å². The Morgan fingerprint density at radius 3 is 2.24 bits per heavy atom. The number of halogens is 1. The van der Waals surface area contributed by atoms with Crippen molar-refractivity contribution in [2.75, 3.05) is 33.2 Å². The van der Waals surface area contributed by atoms with Gasteiger partial charge < -0.3 is 25.3 Å². The van der Waals surface area contributed by atoms with Crippen LogP contribution in [0.2, 0.25) is 0 Å². The van der Waals surface area contributed by atoms with Gasteiger partial charge in [0.15, 0.2) is 17.5 Å². The predicted octanol–water partition coefficient (Wildman–Crippen LogP) is 3.30. The number of guanidine groups is 1. The van der Waals surface area contributed by atoms with Crippen LogP contribution in [0.4, 0.5) is 5.69 Å². The summed E-state index contributed by atoms with van der Waals surface area (Å²) in [5.74, 6) is 2.60. The quantitative estimate of drug-likeness (QED) is 0.379. The van der Waals surface area contributed by atoms with E-state index in [1.165, 1.54) is 0 Å². The fourth-order valence-corrected chi connectivity index (χ4v) is 2.20. The molecule has 0 amide bonds. The summed E-state index contributed by atoms with van der Waals surface area (Å²) < 4.78 is 15.6. The molecule has 3 N–H and O–H groups in total. The molecule has 2 rings (SSSR count). The van der Waals surface area contributed by atoms with Gasteiger partial charge in [0.05, 0.1) is 21.3 Å². The van der Waals surface area contributed by atoms with Gasteiger partial charge in [-0.05, 0) is 48.4 Å². The predicted molar refractivity (Wildman–Crippen MR) is 112 cm³/mol. The largest absolute Gasteiger partial charge is 0.497 e. The number of rotatable bonds is 7. The molecule has 2 aromatic carbocycles. The standard InChI is InChI=1S/C18H23N3O3.HI/c1-22-15-7-5-14(6-8-15)21-18(19)20-11-10-13-4-9-16(23-2)17(12-13)24-3;/h4-9,12H,10-11H2,1-3H3,(H3,19,20,21);1H. The van der Waals surface area contributed by atoms with Crippen LogP contribution in [0.1, 0.15) is 5.56 Å². The van der Waals surface area contributed by atoms with Crippen molar-refractivity contribution < 1.29 is 14.2 Å². The van der Waals surface area contributed by atoms with Gasteiger partial charge in [-0.15, -0.1) is 24.0 Å². The highest BCUT2D eigenvalue weighted by atomic mass is 127. The molecule has 0 fully saturated rings. The van der Waals surface area contributed by atoms with E-state index in [2.05, 4.69) is 10.3 Å². The third-order valence-electron chi connectivity index (χ3n) is 3.49. The molecule has 0 saturated heterocycles. The number of nitrogens with one attached hydrogen (secondary N) is 1. The van der Waals surface area contributed by atoms with Gasteiger partial charge in [0.2, 0.25) is 0 Å². The van der Waals surface area contributed by atoms with Crippen molar-refractivity contribution in [3.05, 3.63) is 48.0 Å². The lowest BCUT2D eigenvalue weighted by molar-refractivity contribution is 0.354. The zero-order chi connectivity index (χ0) is 17.4. The average molecular weight is 457 g/mol. The van der Waals surface area contributed by atoms with Crippen molar-refractivity contribution in [2.45, 2.75) is 6.42 Å². The Morgan fingerprint density at radius 1 is 0.960 bits per heavy atom. The Morgan fingerprint density at radius 2 is 1.64 bits per heavy atom. The third kappa shape index (κ3) is 6.33. The van der Waals surface area contributed by atoms with Gasteiger partial charge in [-0.1, -0.05) is 6.07 Å². The highest BCUT2D eigenvalue weighted by molar-refractivity contribution is 14.0. The summed E-state index contributed by atoms with van der Waals surface area (Å²) in [4.78, 5) is 4.34. The van der Waals surface area contributed by atoms with Crippen molar-refractivity contribution >= 4 is 35.6 Å². The zero-order valence-corrected chi connectivity index (χ0v) is 16.9. The Labute approximate surface area is 165 Å². The maximum atomic E-state index is 5.91. The molecule has 0 atom stereocenters. The van der Waals surface area contributed by atoms with Gasteiger partial charge in [-0.3, -0.25) is 4.99 Å². The summed E-state index contributed by atoms with van der Waals surface area (Å²) in [6.45, 7) is 0.574. The third-order valence-corrected chi connectivity index (χ3v) is 3.49. The minimum atomic E-state index is 0. The van der Waals surface area contributed by atoms with Crippen LogP contribution in [-0.2, 0) is 6.42 Å². The second kappa shape index (κ2) is 10.7. The van der Waals surface area contributed by atoms with Crippen LogP contribution in [0.3, 0.4) is 0 Å². The molecule has 2 aromatic rings. The van der Waals surface area contributed by atoms with E-state index in [9.17, 15) is 0 Å². The summed E-state index contributed by atoms with van der Waals surface area (Å²) >= 11 is 0. The average Bonchev–Trinajstić information content (AvgIpc) is 2.62. The second-order valence-corrected chi connectivity index (χ2v) is 5.06. The molecular formula is C18H24IN3O3. The second-order valence-electron chi connectivity index (χ2n) is 5.06. The first-order chi connectivity index (χ1) is 11.7. The van der Waals surface area contributed by atoms with Gasteiger partial charge in [0, 0.05) is 12.2 Å². The summed E-state index contributed by atoms with van der Waals surface area (Å²) in [5, 5.41) is 3.05. The van der Waals surface area contributed by atoms with Crippen LogP contribution < -0.4 is 25.3 Å². The van der Waals surface area contributed by atoms with Crippen LogP contribution in [0, 0.1) is 0 Å². The molecule has 0 aliphatic rings. The van der Waals surface area contributed by atoms with Crippen molar-refractivity contribution in [3.63, 3.8) is 0 Å². The van der Waals surface area contributed by atoms with Gasteiger partial charge in [-0.2, -0.15) is 0 Å².